The molecule has 2 aromatic carbocycles. The number of ketones is 1. The summed E-state index contributed by atoms with van der Waals surface area (Å²) in [7, 11) is 1.64. The van der Waals surface area contributed by atoms with Crippen LogP contribution in [-0.4, -0.2) is 22.4 Å². The molecule has 0 N–H and O–H groups in total. The van der Waals surface area contributed by atoms with Crippen molar-refractivity contribution in [2.24, 2.45) is 0 Å². The standard InChI is InChI=1S/C21H18N2O2S/c1-25-19-9-5-8-17-21(19)16(18(24)12-20-22-10-11-26-20)14-23(17)13-15-6-3-2-4-7-15/h2-11,14H,12-13H2,1H3. The van der Waals surface area contributed by atoms with E-state index in [2.05, 4.69) is 21.7 Å². The van der Waals surface area contributed by atoms with Gasteiger partial charge in [-0.3, -0.25) is 4.79 Å². The monoisotopic (exact) mass is 362 g/mol. The van der Waals surface area contributed by atoms with Crippen molar-refractivity contribution in [2.45, 2.75) is 13.0 Å². The lowest BCUT2D eigenvalue weighted by molar-refractivity contribution is 0.0994. The van der Waals surface area contributed by atoms with Gasteiger partial charge in [0.2, 0.25) is 0 Å². The summed E-state index contributed by atoms with van der Waals surface area (Å²) in [5.41, 5.74) is 2.87. The van der Waals surface area contributed by atoms with E-state index in [1.165, 1.54) is 16.9 Å². The van der Waals surface area contributed by atoms with Gasteiger partial charge in [-0.1, -0.05) is 36.4 Å². The Kier molecular flexibility index (Phi) is 4.54. The van der Waals surface area contributed by atoms with E-state index in [-0.39, 0.29) is 5.78 Å². The molecule has 0 atom stereocenters. The van der Waals surface area contributed by atoms with Crippen molar-refractivity contribution in [3.63, 3.8) is 0 Å². The molecule has 0 unspecified atom stereocenters. The predicted octanol–water partition coefficient (Wildman–Crippen LogP) is 4.58. The highest BCUT2D eigenvalue weighted by Gasteiger charge is 2.19. The van der Waals surface area contributed by atoms with Crippen LogP contribution in [0.15, 0.2) is 66.3 Å². The van der Waals surface area contributed by atoms with Gasteiger partial charge in [-0.15, -0.1) is 11.3 Å². The summed E-state index contributed by atoms with van der Waals surface area (Å²) in [4.78, 5) is 17.2. The molecule has 130 valence electrons. The number of thiazole rings is 1. The molecule has 0 saturated carbocycles. The van der Waals surface area contributed by atoms with Gasteiger partial charge in [-0.25, -0.2) is 4.98 Å². The van der Waals surface area contributed by atoms with Crippen LogP contribution in [0.2, 0.25) is 0 Å². The van der Waals surface area contributed by atoms with Crippen molar-refractivity contribution >= 4 is 28.0 Å². The van der Waals surface area contributed by atoms with Crippen LogP contribution in [0.1, 0.15) is 20.9 Å². The van der Waals surface area contributed by atoms with Gasteiger partial charge in [0.15, 0.2) is 5.78 Å². The van der Waals surface area contributed by atoms with Gasteiger partial charge < -0.3 is 9.30 Å². The second kappa shape index (κ2) is 7.14. The van der Waals surface area contributed by atoms with Gasteiger partial charge in [0.1, 0.15) is 10.8 Å². The van der Waals surface area contributed by atoms with Crippen molar-refractivity contribution in [3.05, 3.63) is 82.4 Å². The third-order valence-corrected chi connectivity index (χ3v) is 5.16. The summed E-state index contributed by atoms with van der Waals surface area (Å²) < 4.78 is 7.65. The van der Waals surface area contributed by atoms with E-state index < -0.39 is 0 Å². The van der Waals surface area contributed by atoms with Gasteiger partial charge in [-0.2, -0.15) is 0 Å². The molecule has 4 nitrogen and oxygen atoms in total. The van der Waals surface area contributed by atoms with E-state index in [0.717, 1.165) is 21.7 Å². The average molecular weight is 362 g/mol. The molecule has 0 fully saturated rings. The number of benzene rings is 2. The van der Waals surface area contributed by atoms with E-state index >= 15 is 0 Å². The fourth-order valence-corrected chi connectivity index (χ4v) is 3.80. The Morgan fingerprint density at radius 3 is 2.73 bits per heavy atom. The van der Waals surface area contributed by atoms with Crippen molar-refractivity contribution in [1.82, 2.24) is 9.55 Å². The first kappa shape index (κ1) is 16.5. The largest absolute Gasteiger partial charge is 0.496 e. The Labute approximate surface area is 155 Å². The summed E-state index contributed by atoms with van der Waals surface area (Å²) in [6.45, 7) is 0.703. The number of hydrogen-bond donors (Lipinski definition) is 0. The maximum Gasteiger partial charge on any atom is 0.171 e. The SMILES string of the molecule is COc1cccc2c1c(C(=O)Cc1nccs1)cn2Cc1ccccc1. The molecule has 2 aromatic heterocycles. The number of Topliss-reactive ketones (excluding diaryl/α,β-unsaturated/α-hetero) is 1. The molecule has 4 aromatic rings. The van der Waals surface area contributed by atoms with Crippen LogP contribution >= 0.6 is 11.3 Å². The number of ether oxygens (including phenoxy) is 1. The van der Waals surface area contributed by atoms with E-state index in [4.69, 9.17) is 4.74 Å². The zero-order valence-corrected chi connectivity index (χ0v) is 15.2. The summed E-state index contributed by atoms with van der Waals surface area (Å²) in [5.74, 6) is 0.776. The smallest absolute Gasteiger partial charge is 0.171 e. The number of carbonyl (C=O) groups is 1. The highest BCUT2D eigenvalue weighted by molar-refractivity contribution is 7.09. The molecule has 0 aliphatic heterocycles. The molecule has 0 aliphatic rings. The van der Waals surface area contributed by atoms with E-state index in [1.54, 1.807) is 13.3 Å². The Bertz CT molecular complexity index is 1040. The van der Waals surface area contributed by atoms with Gasteiger partial charge in [0.05, 0.1) is 24.4 Å². The maximum atomic E-state index is 13.0. The highest BCUT2D eigenvalue weighted by Crippen LogP contribution is 2.32. The topological polar surface area (TPSA) is 44.1 Å². The molecule has 0 spiro atoms. The molecule has 0 aliphatic carbocycles. The Morgan fingerprint density at radius 1 is 1.15 bits per heavy atom. The van der Waals surface area contributed by atoms with Crippen LogP contribution in [0.3, 0.4) is 0 Å². The molecule has 0 amide bonds. The number of nitrogens with zero attached hydrogens (tertiary/aromatic N) is 2. The van der Waals surface area contributed by atoms with E-state index in [9.17, 15) is 4.79 Å². The molecular weight excluding hydrogens is 344 g/mol. The van der Waals surface area contributed by atoms with E-state index in [0.29, 0.717) is 18.5 Å². The van der Waals surface area contributed by atoms with Crippen LogP contribution in [0, 0.1) is 0 Å². The quantitative estimate of drug-likeness (QED) is 0.472. The lowest BCUT2D eigenvalue weighted by Gasteiger charge is -2.07. The Balaban J connectivity index is 1.80. The number of fused-ring (bicyclic) bond motifs is 1. The minimum atomic E-state index is 0.0567. The number of hydrogen-bond acceptors (Lipinski definition) is 4. The molecule has 5 heteroatoms. The maximum absolute atomic E-state index is 13.0. The summed E-state index contributed by atoms with van der Waals surface area (Å²) in [5, 5.41) is 3.59. The average Bonchev–Trinajstić information content (AvgIpc) is 3.30. The van der Waals surface area contributed by atoms with E-state index in [1.807, 2.05) is 48.0 Å². The first-order valence-electron chi connectivity index (χ1n) is 8.37. The second-order valence-electron chi connectivity index (χ2n) is 6.04. The predicted molar refractivity (Wildman–Crippen MR) is 104 cm³/mol. The fraction of sp³-hybridized carbons (Fsp3) is 0.143. The zero-order valence-electron chi connectivity index (χ0n) is 14.4. The summed E-state index contributed by atoms with van der Waals surface area (Å²) in [6, 6.07) is 16.1. The molecule has 0 radical (unpaired) electrons. The summed E-state index contributed by atoms with van der Waals surface area (Å²) >= 11 is 1.50. The summed E-state index contributed by atoms with van der Waals surface area (Å²) in [6.07, 6.45) is 3.98. The Hall–Kier alpha value is -2.92. The molecule has 26 heavy (non-hydrogen) atoms. The number of aromatic nitrogens is 2. The first-order valence-corrected chi connectivity index (χ1v) is 9.25. The van der Waals surface area contributed by atoms with Gasteiger partial charge in [-0.05, 0) is 17.7 Å². The third-order valence-electron chi connectivity index (χ3n) is 4.38. The van der Waals surface area contributed by atoms with Crippen LogP contribution in [0.5, 0.6) is 5.75 Å². The van der Waals surface area contributed by atoms with Crippen molar-refractivity contribution in [2.75, 3.05) is 7.11 Å². The number of rotatable bonds is 6. The van der Waals surface area contributed by atoms with Crippen LogP contribution in [-0.2, 0) is 13.0 Å². The van der Waals surface area contributed by atoms with Crippen LogP contribution in [0.25, 0.3) is 10.9 Å². The van der Waals surface area contributed by atoms with Crippen LogP contribution < -0.4 is 4.74 Å². The first-order chi connectivity index (χ1) is 12.8. The fourth-order valence-electron chi connectivity index (χ4n) is 3.18. The highest BCUT2D eigenvalue weighted by atomic mass is 32.1. The third kappa shape index (κ3) is 3.13. The number of methoxy groups -OCH3 is 1. The minimum absolute atomic E-state index is 0.0567. The number of carbonyl (C=O) groups excluding carboxylic acids is 1. The molecule has 0 bridgehead atoms. The molecular formula is C21H18N2O2S. The molecule has 2 heterocycles. The zero-order chi connectivity index (χ0) is 17.9. The molecule has 0 saturated heterocycles. The minimum Gasteiger partial charge on any atom is -0.496 e. The van der Waals surface area contributed by atoms with Crippen molar-refractivity contribution in [1.29, 1.82) is 0 Å². The van der Waals surface area contributed by atoms with Gasteiger partial charge in [0.25, 0.3) is 0 Å². The van der Waals surface area contributed by atoms with Gasteiger partial charge in [0, 0.05) is 29.9 Å². The second-order valence-corrected chi connectivity index (χ2v) is 7.02. The lowest BCUT2D eigenvalue weighted by atomic mass is 10.1. The molecule has 4 rings (SSSR count). The van der Waals surface area contributed by atoms with Crippen molar-refractivity contribution < 1.29 is 9.53 Å². The lowest BCUT2D eigenvalue weighted by Crippen LogP contribution is -2.03. The van der Waals surface area contributed by atoms with Crippen LogP contribution in [0.4, 0.5) is 0 Å². The Morgan fingerprint density at radius 2 is 2.00 bits per heavy atom. The van der Waals surface area contributed by atoms with Crippen molar-refractivity contribution in [3.8, 4) is 5.75 Å². The van der Waals surface area contributed by atoms with Gasteiger partial charge >= 0.3 is 0 Å². The normalized spacial score (nSPS) is 11.0.